The molecule has 165 valence electrons. The molecule has 0 aromatic heterocycles. The third-order valence-electron chi connectivity index (χ3n) is 7.10. The van der Waals surface area contributed by atoms with Crippen molar-refractivity contribution in [1.29, 1.82) is 0 Å². The van der Waals surface area contributed by atoms with E-state index < -0.39 is 27.5 Å². The molecule has 0 bridgehead atoms. The van der Waals surface area contributed by atoms with Crippen LogP contribution in [0.25, 0.3) is 6.08 Å². The molecule has 0 radical (unpaired) electrons. The second kappa shape index (κ2) is 9.38. The van der Waals surface area contributed by atoms with Gasteiger partial charge in [0.2, 0.25) is 0 Å². The quantitative estimate of drug-likeness (QED) is 0.292. The van der Waals surface area contributed by atoms with Gasteiger partial charge in [-0.15, -0.1) is 0 Å². The minimum absolute atomic E-state index is 0.238. The van der Waals surface area contributed by atoms with E-state index in [4.69, 9.17) is 17.2 Å². The summed E-state index contributed by atoms with van der Waals surface area (Å²) in [4.78, 5) is 0. The molecule has 0 N–H and O–H groups in total. The molecule has 33 heavy (non-hydrogen) atoms. The first-order valence-corrected chi connectivity index (χ1v) is 24.6. The van der Waals surface area contributed by atoms with Crippen molar-refractivity contribution in [2.75, 3.05) is 0 Å². The van der Waals surface area contributed by atoms with Crippen LogP contribution in [0, 0.1) is 0 Å². The average molecular weight is 653 g/mol. The molecule has 2 aromatic carbocycles. The third-order valence-corrected chi connectivity index (χ3v) is 15.5. The monoisotopic (exact) mass is 653 g/mol. The Morgan fingerprint density at radius 1 is 0.848 bits per heavy atom. The van der Waals surface area contributed by atoms with E-state index in [0.717, 1.165) is 0 Å². The number of hydrogen-bond donors (Lipinski definition) is 0. The number of fused-ring (bicyclic) bond motifs is 2. The Kier molecular flexibility index (Phi) is 6.66. The second-order valence-electron chi connectivity index (χ2n) is 9.28. The molecule has 2 atom stereocenters. The summed E-state index contributed by atoms with van der Waals surface area (Å²) in [7, 11) is 13.0. The Morgan fingerprint density at radius 2 is 1.55 bits per heavy atom. The topological polar surface area (TPSA) is 0 Å². The van der Waals surface area contributed by atoms with Crippen LogP contribution in [0.4, 0.5) is 0 Å². The summed E-state index contributed by atoms with van der Waals surface area (Å²) in [5, 5.41) is 1.54. The van der Waals surface area contributed by atoms with Crippen LogP contribution in [-0.4, -0.2) is 13.6 Å². The van der Waals surface area contributed by atoms with Crippen LogP contribution in [0.3, 0.4) is 0 Å². The van der Waals surface area contributed by atoms with Crippen LogP contribution in [0.15, 0.2) is 104 Å². The van der Waals surface area contributed by atoms with Crippen LogP contribution in [0.2, 0.25) is 13.1 Å². The van der Waals surface area contributed by atoms with Gasteiger partial charge in [0.1, 0.15) is 0 Å². The summed E-state index contributed by atoms with van der Waals surface area (Å²) in [5.74, 6) is 0.493. The van der Waals surface area contributed by atoms with Gasteiger partial charge >= 0.3 is 215 Å². The number of benzene rings is 2. The van der Waals surface area contributed by atoms with Crippen molar-refractivity contribution in [3.63, 3.8) is 0 Å². The van der Waals surface area contributed by atoms with Gasteiger partial charge in [-0.25, -0.2) is 0 Å². The Hall–Kier alpha value is -1.32. The van der Waals surface area contributed by atoms with Gasteiger partial charge in [-0.05, 0) is 0 Å². The molecular weight excluding hydrogens is 626 g/mol. The summed E-state index contributed by atoms with van der Waals surface area (Å²) >= 11 is -2.90. The van der Waals surface area contributed by atoms with Gasteiger partial charge in [-0.1, -0.05) is 0 Å². The summed E-state index contributed by atoms with van der Waals surface area (Å²) < 4.78 is 1.28. The second-order valence-corrected chi connectivity index (χ2v) is 23.3. The molecular formula is C29H27Cl2HfSi. The van der Waals surface area contributed by atoms with Gasteiger partial charge in [0.15, 0.2) is 0 Å². The summed E-state index contributed by atoms with van der Waals surface area (Å²) in [6.45, 7) is 9.36. The average Bonchev–Trinajstić information content (AvgIpc) is 3.17. The van der Waals surface area contributed by atoms with Crippen LogP contribution in [0.5, 0.6) is 0 Å². The van der Waals surface area contributed by atoms with Gasteiger partial charge in [-0.2, -0.15) is 0 Å². The Bertz CT molecular complexity index is 1320. The maximum absolute atomic E-state index is 6.87. The van der Waals surface area contributed by atoms with Gasteiger partial charge in [0.25, 0.3) is 0 Å². The van der Waals surface area contributed by atoms with Crippen molar-refractivity contribution in [2.45, 2.75) is 38.8 Å². The Morgan fingerprint density at radius 3 is 2.24 bits per heavy atom. The van der Waals surface area contributed by atoms with Crippen LogP contribution >= 0.6 is 17.2 Å². The van der Waals surface area contributed by atoms with Gasteiger partial charge < -0.3 is 0 Å². The van der Waals surface area contributed by atoms with E-state index in [2.05, 4.69) is 106 Å². The number of hydrogen-bond acceptors (Lipinski definition) is 0. The van der Waals surface area contributed by atoms with Crippen LogP contribution in [0.1, 0.15) is 42.4 Å². The van der Waals surface area contributed by atoms with Gasteiger partial charge in [0.05, 0.1) is 0 Å². The SMILES string of the molecule is CC1=Cc2ccccc2C1C1=C2C(=CC=CC(=[Si](C)C)C2c2ccccc2)[C]([Hf]([Cl])[Cl])=C1C. The molecule has 0 nitrogen and oxygen atoms in total. The van der Waals surface area contributed by atoms with Crippen molar-refractivity contribution in [3.8, 4) is 0 Å². The first kappa shape index (κ1) is 23.4. The fourth-order valence-corrected chi connectivity index (χ4v) is 14.0. The van der Waals surface area contributed by atoms with Crippen molar-refractivity contribution >= 4 is 36.8 Å². The zero-order valence-corrected chi connectivity index (χ0v) is 25.5. The molecule has 3 aliphatic carbocycles. The number of halogens is 2. The zero-order valence-electron chi connectivity index (χ0n) is 19.4. The van der Waals surface area contributed by atoms with E-state index in [-0.39, 0.29) is 11.8 Å². The standard InChI is InChI=1S/C29H27Si.2ClH.Hf/c1-19-17-22-13-8-9-15-24(22)26(19)27-20(2)18-23-14-10-16-25(30(3)4)28(29(23)27)21-11-6-5-7-12-21;;;/h5-17,26,28H,1-4H3;2*1H;/q;;;+2/p-2. The molecule has 3 aliphatic rings. The molecule has 2 aromatic rings. The molecule has 0 amide bonds. The Balaban J connectivity index is 1.86. The fraction of sp³-hybridized carbons (Fsp3) is 0.207. The van der Waals surface area contributed by atoms with E-state index in [9.17, 15) is 0 Å². The predicted molar refractivity (Wildman–Crippen MR) is 143 cm³/mol. The summed E-state index contributed by atoms with van der Waals surface area (Å²) in [5.41, 5.74) is 11.0. The molecule has 2 unspecified atom stereocenters. The number of allylic oxidation sites excluding steroid dienone is 9. The van der Waals surface area contributed by atoms with Crippen molar-refractivity contribution in [3.05, 3.63) is 121 Å². The van der Waals surface area contributed by atoms with Crippen molar-refractivity contribution in [1.82, 2.24) is 0 Å². The van der Waals surface area contributed by atoms with Crippen molar-refractivity contribution < 1.29 is 19.1 Å². The van der Waals surface area contributed by atoms with Crippen molar-refractivity contribution in [2.24, 2.45) is 0 Å². The molecule has 0 heterocycles. The van der Waals surface area contributed by atoms with Gasteiger partial charge in [-0.3, -0.25) is 0 Å². The van der Waals surface area contributed by atoms with E-state index in [1.54, 1.807) is 5.17 Å². The molecule has 5 rings (SSSR count). The molecule has 0 saturated heterocycles. The fourth-order valence-electron chi connectivity index (χ4n) is 5.73. The molecule has 0 spiro atoms. The predicted octanol–water partition coefficient (Wildman–Crippen LogP) is 8.49. The molecule has 0 saturated carbocycles. The van der Waals surface area contributed by atoms with E-state index in [1.807, 2.05) is 0 Å². The molecule has 4 heteroatoms. The van der Waals surface area contributed by atoms with E-state index >= 15 is 0 Å². The number of rotatable bonds is 3. The third kappa shape index (κ3) is 3.97. The molecule has 0 fully saturated rings. The maximum atomic E-state index is 6.87. The minimum atomic E-state index is -2.90. The first-order valence-electron chi connectivity index (χ1n) is 11.4. The van der Waals surface area contributed by atoms with E-state index in [0.29, 0.717) is 0 Å². The summed E-state index contributed by atoms with van der Waals surface area (Å²) in [6.07, 6.45) is 9.27. The normalized spacial score (nSPS) is 21.6. The Labute approximate surface area is 213 Å². The molecule has 0 aliphatic heterocycles. The first-order chi connectivity index (χ1) is 15.9. The van der Waals surface area contributed by atoms with E-state index in [1.165, 1.54) is 47.9 Å². The van der Waals surface area contributed by atoms with Crippen LogP contribution in [-0.2, 0) is 19.1 Å². The van der Waals surface area contributed by atoms with Crippen LogP contribution < -0.4 is 0 Å². The summed E-state index contributed by atoms with van der Waals surface area (Å²) in [6, 6.07) is 19.9. The van der Waals surface area contributed by atoms with Gasteiger partial charge in [0, 0.05) is 0 Å². The zero-order chi connectivity index (χ0) is 23.3.